The molecule has 3 rings (SSSR count). The van der Waals surface area contributed by atoms with Crippen LogP contribution in [0.5, 0.6) is 0 Å². The Bertz CT molecular complexity index is 959. The fourth-order valence-electron chi connectivity index (χ4n) is 2.62. The van der Waals surface area contributed by atoms with Gasteiger partial charge in [-0.15, -0.1) is 11.3 Å². The van der Waals surface area contributed by atoms with Crippen LogP contribution in [0.4, 0.5) is 0 Å². The molecule has 0 bridgehead atoms. The zero-order chi connectivity index (χ0) is 20.5. The molecule has 0 unspecified atom stereocenters. The van der Waals surface area contributed by atoms with Gasteiger partial charge in [-0.25, -0.2) is 4.79 Å². The van der Waals surface area contributed by atoms with Crippen molar-refractivity contribution in [3.8, 4) is 0 Å². The van der Waals surface area contributed by atoms with E-state index in [1.165, 1.54) is 22.1 Å². The molecule has 0 saturated carbocycles. The number of ether oxygens (including phenoxy) is 1. The summed E-state index contributed by atoms with van der Waals surface area (Å²) in [5.74, 6) is -1.97. The van der Waals surface area contributed by atoms with Gasteiger partial charge in [0.2, 0.25) is 0 Å². The smallest absolute Gasteiger partial charge is 0.348 e. The van der Waals surface area contributed by atoms with Crippen molar-refractivity contribution in [3.05, 3.63) is 47.3 Å². The van der Waals surface area contributed by atoms with Crippen LogP contribution >= 0.6 is 11.3 Å². The van der Waals surface area contributed by atoms with Crippen LogP contribution in [-0.2, 0) is 14.3 Å². The van der Waals surface area contributed by atoms with E-state index >= 15 is 0 Å². The van der Waals surface area contributed by atoms with Crippen molar-refractivity contribution in [2.24, 2.45) is 0 Å². The van der Waals surface area contributed by atoms with Gasteiger partial charge in [-0.1, -0.05) is 36.4 Å². The first-order valence-corrected chi connectivity index (χ1v) is 9.76. The van der Waals surface area contributed by atoms with Crippen LogP contribution in [0.3, 0.4) is 0 Å². The topological polar surface area (TPSA) is 101 Å². The third-order valence-electron chi connectivity index (χ3n) is 3.92. The molecule has 148 valence electrons. The maximum Gasteiger partial charge on any atom is 0.348 e. The van der Waals surface area contributed by atoms with Crippen LogP contribution in [0.1, 0.15) is 42.3 Å². The second-order valence-corrected chi connectivity index (χ2v) is 7.08. The average molecular weight is 402 g/mol. The number of aliphatic carboxylic acids is 2. The third-order valence-corrected chi connectivity index (χ3v) is 5.08. The fraction of sp³-hybridized carbons (Fsp3) is 0.286. The summed E-state index contributed by atoms with van der Waals surface area (Å²) < 4.78 is 6.19. The summed E-state index contributed by atoms with van der Waals surface area (Å²) in [6.45, 7) is 2.23. The Labute approximate surface area is 166 Å². The number of esters is 1. The normalized spacial score (nSPS) is 10.3. The standard InChI is InChI=1S/C15H12O2S.C6H10O4/c1-2-17-15(16)13-9-11-8-7-10-5-3-4-6-12(10)14(11)18-13;7-5(8)3-1-2-4-6(9)10/h3-9H,2H2,1H3;1-4H2,(H,7,8)(H,9,10). The molecule has 2 aromatic carbocycles. The lowest BCUT2D eigenvalue weighted by Gasteiger charge is -1.97. The van der Waals surface area contributed by atoms with Crippen molar-refractivity contribution in [1.29, 1.82) is 0 Å². The van der Waals surface area contributed by atoms with Gasteiger partial charge in [0.1, 0.15) is 4.88 Å². The molecular formula is C21H22O6S. The molecular weight excluding hydrogens is 380 g/mol. The number of fused-ring (bicyclic) bond motifs is 3. The second-order valence-electron chi connectivity index (χ2n) is 6.03. The van der Waals surface area contributed by atoms with Crippen molar-refractivity contribution >= 4 is 50.1 Å². The van der Waals surface area contributed by atoms with Gasteiger partial charge in [-0.3, -0.25) is 9.59 Å². The highest BCUT2D eigenvalue weighted by Crippen LogP contribution is 2.32. The van der Waals surface area contributed by atoms with E-state index in [1.54, 1.807) is 0 Å². The molecule has 0 aliphatic carbocycles. The number of hydrogen-bond donors (Lipinski definition) is 2. The Kier molecular flexibility index (Phi) is 7.95. The van der Waals surface area contributed by atoms with Crippen molar-refractivity contribution in [2.45, 2.75) is 32.6 Å². The number of benzene rings is 2. The van der Waals surface area contributed by atoms with E-state index in [2.05, 4.69) is 24.3 Å². The van der Waals surface area contributed by atoms with Crippen molar-refractivity contribution in [3.63, 3.8) is 0 Å². The van der Waals surface area contributed by atoms with E-state index in [4.69, 9.17) is 14.9 Å². The molecule has 0 saturated heterocycles. The predicted molar refractivity (Wildman–Crippen MR) is 109 cm³/mol. The molecule has 6 nitrogen and oxygen atoms in total. The molecule has 0 fully saturated rings. The zero-order valence-corrected chi connectivity index (χ0v) is 16.3. The first kappa shape index (κ1) is 21.4. The molecule has 0 amide bonds. The van der Waals surface area contributed by atoms with Gasteiger partial charge in [0.15, 0.2) is 0 Å². The Morgan fingerprint density at radius 1 is 0.929 bits per heavy atom. The monoisotopic (exact) mass is 402 g/mol. The van der Waals surface area contributed by atoms with Crippen LogP contribution in [0.25, 0.3) is 20.9 Å². The van der Waals surface area contributed by atoms with Crippen LogP contribution < -0.4 is 0 Å². The van der Waals surface area contributed by atoms with Gasteiger partial charge in [0.25, 0.3) is 0 Å². The first-order chi connectivity index (χ1) is 13.4. The van der Waals surface area contributed by atoms with Crippen LogP contribution in [0.2, 0.25) is 0 Å². The zero-order valence-electron chi connectivity index (χ0n) is 15.5. The van der Waals surface area contributed by atoms with Gasteiger partial charge >= 0.3 is 17.9 Å². The predicted octanol–water partition coefficient (Wildman–Crippen LogP) is 4.95. The molecule has 28 heavy (non-hydrogen) atoms. The minimum absolute atomic E-state index is 0.0628. The lowest BCUT2D eigenvalue weighted by Crippen LogP contribution is -2.01. The summed E-state index contributed by atoms with van der Waals surface area (Å²) >= 11 is 1.50. The Morgan fingerprint density at radius 3 is 2.14 bits per heavy atom. The molecule has 3 aromatic rings. The maximum atomic E-state index is 11.7. The molecule has 2 N–H and O–H groups in total. The Morgan fingerprint density at radius 2 is 1.54 bits per heavy atom. The lowest BCUT2D eigenvalue weighted by atomic mass is 10.1. The minimum Gasteiger partial charge on any atom is -0.481 e. The van der Waals surface area contributed by atoms with Crippen LogP contribution in [0, 0.1) is 0 Å². The SMILES string of the molecule is CCOC(=O)c1cc2ccc3ccccc3c2s1.O=C(O)CCCCC(=O)O. The number of hydrogen-bond acceptors (Lipinski definition) is 5. The molecule has 0 aliphatic rings. The number of thiophene rings is 1. The average Bonchev–Trinajstić information content (AvgIpc) is 3.11. The summed E-state index contributed by atoms with van der Waals surface area (Å²) in [5.41, 5.74) is 0. The minimum atomic E-state index is -0.870. The van der Waals surface area contributed by atoms with Crippen molar-refractivity contribution < 1.29 is 29.3 Å². The molecule has 7 heteroatoms. The van der Waals surface area contributed by atoms with Crippen LogP contribution in [-0.4, -0.2) is 34.7 Å². The van der Waals surface area contributed by atoms with Gasteiger partial charge < -0.3 is 14.9 Å². The molecule has 1 aromatic heterocycles. The highest BCUT2D eigenvalue weighted by Gasteiger charge is 2.12. The summed E-state index contributed by atoms with van der Waals surface area (Å²) in [4.78, 5) is 32.2. The van der Waals surface area contributed by atoms with Crippen molar-refractivity contribution in [2.75, 3.05) is 6.61 Å². The summed E-state index contributed by atoms with van der Waals surface area (Å²) in [5, 5.41) is 19.7. The fourth-order valence-corrected chi connectivity index (χ4v) is 3.71. The van der Waals surface area contributed by atoms with Gasteiger partial charge in [-0.2, -0.15) is 0 Å². The highest BCUT2D eigenvalue weighted by molar-refractivity contribution is 7.21. The number of carbonyl (C=O) groups is 3. The third kappa shape index (κ3) is 6.06. The van der Waals surface area contributed by atoms with E-state index in [9.17, 15) is 14.4 Å². The molecule has 0 atom stereocenters. The quantitative estimate of drug-likeness (QED) is 0.428. The summed E-state index contributed by atoms with van der Waals surface area (Å²) in [6, 6.07) is 14.3. The molecule has 0 aliphatic heterocycles. The second kappa shape index (κ2) is 10.4. The number of carbonyl (C=O) groups excluding carboxylic acids is 1. The van der Waals surface area contributed by atoms with E-state index in [1.807, 2.05) is 25.1 Å². The number of carboxylic acid groups (broad SMARTS) is 2. The highest BCUT2D eigenvalue weighted by atomic mass is 32.1. The van der Waals surface area contributed by atoms with Crippen molar-refractivity contribution in [1.82, 2.24) is 0 Å². The van der Waals surface area contributed by atoms with E-state index in [-0.39, 0.29) is 18.8 Å². The summed E-state index contributed by atoms with van der Waals surface area (Å²) in [7, 11) is 0. The molecule has 1 heterocycles. The molecule has 0 radical (unpaired) electrons. The largest absolute Gasteiger partial charge is 0.481 e. The van der Waals surface area contributed by atoms with E-state index in [0.29, 0.717) is 24.3 Å². The Balaban J connectivity index is 0.000000242. The molecule has 0 spiro atoms. The van der Waals surface area contributed by atoms with E-state index < -0.39 is 11.9 Å². The van der Waals surface area contributed by atoms with Gasteiger partial charge in [-0.05, 0) is 42.0 Å². The first-order valence-electron chi connectivity index (χ1n) is 8.94. The van der Waals surface area contributed by atoms with Crippen LogP contribution in [0.15, 0.2) is 42.5 Å². The number of carboxylic acids is 2. The van der Waals surface area contributed by atoms with Gasteiger partial charge in [0, 0.05) is 17.5 Å². The Hall–Kier alpha value is -2.93. The summed E-state index contributed by atoms with van der Waals surface area (Å²) in [6.07, 6.45) is 1.02. The van der Waals surface area contributed by atoms with E-state index in [0.717, 1.165) is 10.1 Å². The lowest BCUT2D eigenvalue weighted by molar-refractivity contribution is -0.139. The maximum absolute atomic E-state index is 11.7. The number of unbranched alkanes of at least 4 members (excludes halogenated alkanes) is 1. The van der Waals surface area contributed by atoms with Gasteiger partial charge in [0.05, 0.1) is 6.61 Å². The number of rotatable bonds is 7.